The molecule has 1 amide bonds. The first-order valence-corrected chi connectivity index (χ1v) is 6.92. The summed E-state index contributed by atoms with van der Waals surface area (Å²) in [5.74, 6) is -1.13. The molecular formula is C16H14N2O6. The van der Waals surface area contributed by atoms with Crippen LogP contribution in [0.25, 0.3) is 0 Å². The number of carboxylic acids is 1. The largest absolute Gasteiger partial charge is 0.482 e. The summed E-state index contributed by atoms with van der Waals surface area (Å²) in [6.07, 6.45) is -0.131. The second-order valence-electron chi connectivity index (χ2n) is 4.82. The minimum Gasteiger partial charge on any atom is -0.482 e. The standard InChI is InChI=1S/C16H14N2O6/c19-15(9-11-3-1-2-4-14(11)18(22)23)17-12-5-7-13(8-6-12)24-10-16(20)21/h1-8H,9-10H2,(H,17,19)(H,20,21). The number of amides is 1. The third kappa shape index (κ3) is 4.80. The van der Waals surface area contributed by atoms with E-state index in [1.807, 2.05) is 0 Å². The van der Waals surface area contributed by atoms with Crippen molar-refractivity contribution in [2.45, 2.75) is 6.42 Å². The van der Waals surface area contributed by atoms with Crippen molar-refractivity contribution in [1.82, 2.24) is 0 Å². The number of nitro benzene ring substituents is 1. The first kappa shape index (κ1) is 16.9. The van der Waals surface area contributed by atoms with Crippen LogP contribution in [0.1, 0.15) is 5.56 Å². The molecule has 0 aromatic heterocycles. The van der Waals surface area contributed by atoms with Gasteiger partial charge in [0.15, 0.2) is 6.61 Å². The Morgan fingerprint density at radius 3 is 2.42 bits per heavy atom. The zero-order valence-electron chi connectivity index (χ0n) is 12.5. The average Bonchev–Trinajstić information content (AvgIpc) is 2.54. The Bertz CT molecular complexity index is 757. The lowest BCUT2D eigenvalue weighted by Gasteiger charge is -2.07. The highest BCUT2D eigenvalue weighted by Gasteiger charge is 2.15. The minimum absolute atomic E-state index is 0.106. The molecule has 0 bridgehead atoms. The molecule has 0 heterocycles. The predicted octanol–water partition coefficient (Wildman–Crippen LogP) is 2.24. The highest BCUT2D eigenvalue weighted by molar-refractivity contribution is 5.92. The molecule has 8 nitrogen and oxygen atoms in total. The summed E-state index contributed by atoms with van der Waals surface area (Å²) in [6, 6.07) is 12.2. The molecule has 0 fully saturated rings. The van der Waals surface area contributed by atoms with Crippen molar-refractivity contribution in [3.05, 3.63) is 64.2 Å². The van der Waals surface area contributed by atoms with Gasteiger partial charge in [-0.3, -0.25) is 14.9 Å². The summed E-state index contributed by atoms with van der Waals surface area (Å²) < 4.78 is 4.98. The smallest absolute Gasteiger partial charge is 0.341 e. The first-order chi connectivity index (χ1) is 11.5. The zero-order chi connectivity index (χ0) is 17.5. The lowest BCUT2D eigenvalue weighted by molar-refractivity contribution is -0.385. The van der Waals surface area contributed by atoms with E-state index in [0.29, 0.717) is 17.0 Å². The van der Waals surface area contributed by atoms with Gasteiger partial charge in [-0.25, -0.2) is 4.79 Å². The summed E-state index contributed by atoms with van der Waals surface area (Å²) in [5, 5.41) is 22.1. The second kappa shape index (κ2) is 7.73. The number of rotatable bonds is 7. The van der Waals surface area contributed by atoms with E-state index in [0.717, 1.165) is 0 Å². The Morgan fingerprint density at radius 1 is 1.12 bits per heavy atom. The van der Waals surface area contributed by atoms with Crippen molar-refractivity contribution in [2.75, 3.05) is 11.9 Å². The molecule has 2 rings (SSSR count). The highest BCUT2D eigenvalue weighted by Crippen LogP contribution is 2.19. The van der Waals surface area contributed by atoms with Crippen molar-refractivity contribution >= 4 is 23.3 Å². The van der Waals surface area contributed by atoms with Crippen LogP contribution in [0.15, 0.2) is 48.5 Å². The normalized spacial score (nSPS) is 10.0. The van der Waals surface area contributed by atoms with Gasteiger partial charge in [0, 0.05) is 17.3 Å². The fourth-order valence-electron chi connectivity index (χ4n) is 2.00. The van der Waals surface area contributed by atoms with Crippen molar-refractivity contribution in [3.8, 4) is 5.75 Å². The molecule has 0 aliphatic carbocycles. The van der Waals surface area contributed by atoms with Crippen molar-refractivity contribution < 1.29 is 24.4 Å². The molecule has 8 heteroatoms. The Morgan fingerprint density at radius 2 is 1.79 bits per heavy atom. The molecule has 2 aromatic rings. The molecule has 24 heavy (non-hydrogen) atoms. The molecule has 124 valence electrons. The molecule has 0 saturated heterocycles. The van der Waals surface area contributed by atoms with Gasteiger partial charge in [-0.2, -0.15) is 0 Å². The number of nitrogens with zero attached hydrogens (tertiary/aromatic N) is 1. The van der Waals surface area contributed by atoms with E-state index in [-0.39, 0.29) is 12.1 Å². The Labute approximate surface area is 136 Å². The van der Waals surface area contributed by atoms with E-state index in [2.05, 4.69) is 5.32 Å². The van der Waals surface area contributed by atoms with Crippen LogP contribution in [0.2, 0.25) is 0 Å². The van der Waals surface area contributed by atoms with Gasteiger partial charge in [-0.15, -0.1) is 0 Å². The van der Waals surface area contributed by atoms with Gasteiger partial charge in [0.1, 0.15) is 5.75 Å². The number of para-hydroxylation sites is 1. The molecule has 2 aromatic carbocycles. The summed E-state index contributed by atoms with van der Waals surface area (Å²) in [5.41, 5.74) is 0.688. The maximum atomic E-state index is 12.0. The van der Waals surface area contributed by atoms with Crippen LogP contribution >= 0.6 is 0 Å². The molecular weight excluding hydrogens is 316 g/mol. The van der Waals surface area contributed by atoms with E-state index in [4.69, 9.17) is 9.84 Å². The minimum atomic E-state index is -1.09. The number of hydrogen-bond donors (Lipinski definition) is 2. The maximum Gasteiger partial charge on any atom is 0.341 e. The number of aliphatic carboxylic acids is 1. The van der Waals surface area contributed by atoms with Gasteiger partial charge in [-0.05, 0) is 24.3 Å². The van der Waals surface area contributed by atoms with Crippen molar-refractivity contribution in [1.29, 1.82) is 0 Å². The van der Waals surface area contributed by atoms with Crippen molar-refractivity contribution in [3.63, 3.8) is 0 Å². The van der Waals surface area contributed by atoms with Crippen LogP contribution in [-0.2, 0) is 16.0 Å². The molecule has 0 radical (unpaired) electrons. The Balaban J connectivity index is 1.98. The Hall–Kier alpha value is -3.42. The number of nitrogens with one attached hydrogen (secondary N) is 1. The SMILES string of the molecule is O=C(O)COc1ccc(NC(=O)Cc2ccccc2[N+](=O)[O-])cc1. The number of carbonyl (C=O) groups excluding carboxylic acids is 1. The summed E-state index contributed by atoms with van der Waals surface area (Å²) in [6.45, 7) is -0.455. The third-order valence-electron chi connectivity index (χ3n) is 3.04. The molecule has 0 atom stereocenters. The van der Waals surface area contributed by atoms with Crippen LogP contribution in [0.5, 0.6) is 5.75 Å². The monoisotopic (exact) mass is 330 g/mol. The summed E-state index contributed by atoms with van der Waals surface area (Å²) >= 11 is 0. The van der Waals surface area contributed by atoms with Gasteiger partial charge in [0.05, 0.1) is 11.3 Å². The van der Waals surface area contributed by atoms with Crippen LogP contribution < -0.4 is 10.1 Å². The number of anilines is 1. The molecule has 0 spiro atoms. The number of ether oxygens (including phenoxy) is 1. The average molecular weight is 330 g/mol. The fraction of sp³-hybridized carbons (Fsp3) is 0.125. The molecule has 0 aliphatic rings. The number of carboxylic acid groups (broad SMARTS) is 1. The first-order valence-electron chi connectivity index (χ1n) is 6.92. The molecule has 2 N–H and O–H groups in total. The maximum absolute atomic E-state index is 12.0. The van der Waals surface area contributed by atoms with Crippen LogP contribution in [-0.4, -0.2) is 28.5 Å². The van der Waals surface area contributed by atoms with Crippen LogP contribution in [0.4, 0.5) is 11.4 Å². The highest BCUT2D eigenvalue weighted by atomic mass is 16.6. The van der Waals surface area contributed by atoms with Crippen molar-refractivity contribution in [2.24, 2.45) is 0 Å². The summed E-state index contributed by atoms with van der Waals surface area (Å²) in [4.78, 5) is 32.8. The van der Waals surface area contributed by atoms with Crippen LogP contribution in [0.3, 0.4) is 0 Å². The molecule has 0 aliphatic heterocycles. The molecule has 0 saturated carbocycles. The molecule has 0 unspecified atom stereocenters. The third-order valence-corrected chi connectivity index (χ3v) is 3.04. The number of nitro groups is 1. The number of benzene rings is 2. The van der Waals surface area contributed by atoms with E-state index >= 15 is 0 Å². The summed E-state index contributed by atoms with van der Waals surface area (Å²) in [7, 11) is 0. The van der Waals surface area contributed by atoms with E-state index in [9.17, 15) is 19.7 Å². The van der Waals surface area contributed by atoms with Gasteiger partial charge in [-0.1, -0.05) is 18.2 Å². The predicted molar refractivity (Wildman–Crippen MR) is 85.0 cm³/mol. The van der Waals surface area contributed by atoms with E-state index in [1.54, 1.807) is 18.2 Å². The number of carbonyl (C=O) groups is 2. The second-order valence-corrected chi connectivity index (χ2v) is 4.82. The quantitative estimate of drug-likeness (QED) is 0.593. The topological polar surface area (TPSA) is 119 Å². The Kier molecular flexibility index (Phi) is 5.45. The van der Waals surface area contributed by atoms with E-state index in [1.165, 1.54) is 30.3 Å². The van der Waals surface area contributed by atoms with Gasteiger partial charge in [0.2, 0.25) is 5.91 Å². The lowest BCUT2D eigenvalue weighted by atomic mass is 10.1. The number of hydrogen-bond acceptors (Lipinski definition) is 5. The fourth-order valence-corrected chi connectivity index (χ4v) is 2.00. The van der Waals surface area contributed by atoms with Gasteiger partial charge in [0.25, 0.3) is 5.69 Å². The zero-order valence-corrected chi connectivity index (χ0v) is 12.5. The van der Waals surface area contributed by atoms with E-state index < -0.39 is 23.4 Å². The van der Waals surface area contributed by atoms with Gasteiger partial charge >= 0.3 is 5.97 Å². The lowest BCUT2D eigenvalue weighted by Crippen LogP contribution is -2.15. The van der Waals surface area contributed by atoms with Crippen LogP contribution in [0, 0.1) is 10.1 Å². The van der Waals surface area contributed by atoms with Gasteiger partial charge < -0.3 is 15.2 Å².